The molecule has 0 unspecified atom stereocenters. The maximum atomic E-state index is 12.0. The first-order chi connectivity index (χ1) is 7.66. The number of nitrogens with one attached hydrogen (secondary N) is 2. The summed E-state index contributed by atoms with van der Waals surface area (Å²) >= 11 is 3.28. The molecule has 1 saturated heterocycles. The number of hydrogen-bond acceptors (Lipinski definition) is 2. The molecule has 0 bridgehead atoms. The molecule has 2 heterocycles. The van der Waals surface area contributed by atoms with E-state index in [0.717, 1.165) is 4.47 Å². The zero-order valence-electron chi connectivity index (χ0n) is 8.62. The quantitative estimate of drug-likeness (QED) is 0.799. The van der Waals surface area contributed by atoms with Crippen LogP contribution in [0.3, 0.4) is 0 Å². The van der Waals surface area contributed by atoms with Gasteiger partial charge in [0.2, 0.25) is 5.91 Å². The average Bonchev–Trinajstić information content (AvgIpc) is 2.57. The Kier molecular flexibility index (Phi) is 3.28. The minimum Gasteiger partial charge on any atom is -0.356 e. The second kappa shape index (κ2) is 4.69. The lowest BCUT2D eigenvalue weighted by molar-refractivity contribution is -0.120. The first-order valence-electron chi connectivity index (χ1n) is 5.07. The summed E-state index contributed by atoms with van der Waals surface area (Å²) in [6.45, 7) is 1.55. The molecule has 1 aromatic rings. The maximum absolute atomic E-state index is 12.0. The van der Waals surface area contributed by atoms with Crippen LogP contribution in [0.4, 0.5) is 0 Å². The monoisotopic (exact) mass is 285 g/mol. The molecule has 2 N–H and O–H groups in total. The molecule has 0 aliphatic carbocycles. The molecule has 2 rings (SSSR count). The average molecular weight is 286 g/mol. The van der Waals surface area contributed by atoms with Gasteiger partial charge in [0.25, 0.3) is 5.91 Å². The number of aromatic amines is 1. The van der Waals surface area contributed by atoms with E-state index in [-0.39, 0.29) is 11.8 Å². The lowest BCUT2D eigenvalue weighted by atomic mass is 10.3. The zero-order valence-corrected chi connectivity index (χ0v) is 10.2. The van der Waals surface area contributed by atoms with E-state index in [1.54, 1.807) is 17.2 Å². The molecule has 0 spiro atoms. The summed E-state index contributed by atoms with van der Waals surface area (Å²) in [5.74, 6) is -0.0647. The Morgan fingerprint density at radius 1 is 1.44 bits per heavy atom. The van der Waals surface area contributed by atoms with Crippen LogP contribution in [-0.4, -0.2) is 41.3 Å². The molecule has 2 amide bonds. The highest BCUT2D eigenvalue weighted by molar-refractivity contribution is 9.10. The van der Waals surface area contributed by atoms with E-state index in [0.29, 0.717) is 31.7 Å². The van der Waals surface area contributed by atoms with Crippen molar-refractivity contribution in [3.63, 3.8) is 0 Å². The van der Waals surface area contributed by atoms with Crippen molar-refractivity contribution in [3.8, 4) is 0 Å². The first-order valence-corrected chi connectivity index (χ1v) is 5.86. The highest BCUT2D eigenvalue weighted by Crippen LogP contribution is 2.13. The Hall–Kier alpha value is -1.30. The van der Waals surface area contributed by atoms with Crippen molar-refractivity contribution in [1.82, 2.24) is 15.2 Å². The van der Waals surface area contributed by atoms with Gasteiger partial charge in [0, 0.05) is 36.7 Å². The lowest BCUT2D eigenvalue weighted by Gasteiger charge is -2.18. The summed E-state index contributed by atoms with van der Waals surface area (Å²) in [5.41, 5.74) is 0.543. The summed E-state index contributed by atoms with van der Waals surface area (Å²) in [5, 5.41) is 2.73. The van der Waals surface area contributed by atoms with Gasteiger partial charge in [0.15, 0.2) is 0 Å². The Labute approximate surface area is 101 Å². The summed E-state index contributed by atoms with van der Waals surface area (Å²) in [7, 11) is 0. The van der Waals surface area contributed by atoms with Crippen molar-refractivity contribution >= 4 is 27.7 Å². The van der Waals surface area contributed by atoms with Crippen LogP contribution < -0.4 is 5.32 Å². The zero-order chi connectivity index (χ0) is 11.5. The SMILES string of the molecule is O=C1CCN(C(=O)c2cc(Br)c[nH]2)CCN1. The van der Waals surface area contributed by atoms with Crippen molar-refractivity contribution in [2.75, 3.05) is 19.6 Å². The largest absolute Gasteiger partial charge is 0.356 e. The second-order valence-electron chi connectivity index (χ2n) is 3.62. The van der Waals surface area contributed by atoms with Gasteiger partial charge in [-0.1, -0.05) is 0 Å². The van der Waals surface area contributed by atoms with Gasteiger partial charge >= 0.3 is 0 Å². The van der Waals surface area contributed by atoms with Crippen LogP contribution in [0.25, 0.3) is 0 Å². The number of hydrogen-bond donors (Lipinski definition) is 2. The molecule has 86 valence electrons. The summed E-state index contributed by atoms with van der Waals surface area (Å²) in [6.07, 6.45) is 2.09. The van der Waals surface area contributed by atoms with Crippen molar-refractivity contribution in [3.05, 3.63) is 22.4 Å². The Balaban J connectivity index is 2.06. The Morgan fingerprint density at radius 3 is 2.94 bits per heavy atom. The fourth-order valence-corrected chi connectivity index (χ4v) is 1.98. The van der Waals surface area contributed by atoms with Crippen LogP contribution in [0.5, 0.6) is 0 Å². The fraction of sp³-hybridized carbons (Fsp3) is 0.400. The topological polar surface area (TPSA) is 65.2 Å². The van der Waals surface area contributed by atoms with E-state index >= 15 is 0 Å². The summed E-state index contributed by atoms with van der Waals surface area (Å²) < 4.78 is 0.847. The molecule has 0 saturated carbocycles. The summed E-state index contributed by atoms with van der Waals surface area (Å²) in [6, 6.07) is 1.74. The number of H-pyrrole nitrogens is 1. The van der Waals surface area contributed by atoms with E-state index < -0.39 is 0 Å². The Morgan fingerprint density at radius 2 is 2.25 bits per heavy atom. The summed E-state index contributed by atoms with van der Waals surface area (Å²) in [4.78, 5) is 27.7. The number of carbonyl (C=O) groups is 2. The molecule has 1 aromatic heterocycles. The van der Waals surface area contributed by atoms with Gasteiger partial charge in [0.05, 0.1) is 0 Å². The molecule has 1 fully saturated rings. The van der Waals surface area contributed by atoms with Crippen LogP contribution in [0, 0.1) is 0 Å². The van der Waals surface area contributed by atoms with Crippen molar-refractivity contribution in [2.45, 2.75) is 6.42 Å². The first kappa shape index (κ1) is 11.2. The normalized spacial score (nSPS) is 16.8. The maximum Gasteiger partial charge on any atom is 0.270 e. The number of nitrogens with zero attached hydrogens (tertiary/aromatic N) is 1. The van der Waals surface area contributed by atoms with Crippen LogP contribution in [0.2, 0.25) is 0 Å². The molecule has 6 heteroatoms. The molecule has 0 aromatic carbocycles. The number of carbonyl (C=O) groups excluding carboxylic acids is 2. The predicted octanol–water partition coefficient (Wildman–Crippen LogP) is 0.739. The van der Waals surface area contributed by atoms with Gasteiger partial charge in [-0.25, -0.2) is 0 Å². The van der Waals surface area contributed by atoms with Crippen molar-refractivity contribution in [2.24, 2.45) is 0 Å². The van der Waals surface area contributed by atoms with Crippen LogP contribution in [0.15, 0.2) is 16.7 Å². The van der Waals surface area contributed by atoms with Gasteiger partial charge in [0.1, 0.15) is 5.69 Å². The van der Waals surface area contributed by atoms with Crippen LogP contribution in [-0.2, 0) is 4.79 Å². The fourth-order valence-electron chi connectivity index (χ4n) is 1.63. The molecular formula is C10H12BrN3O2. The second-order valence-corrected chi connectivity index (χ2v) is 4.54. The molecule has 5 nitrogen and oxygen atoms in total. The molecule has 16 heavy (non-hydrogen) atoms. The van der Waals surface area contributed by atoms with Gasteiger partial charge in [-0.3, -0.25) is 9.59 Å². The van der Waals surface area contributed by atoms with Crippen LogP contribution >= 0.6 is 15.9 Å². The number of halogens is 1. The minimum atomic E-state index is -0.0674. The van der Waals surface area contributed by atoms with E-state index in [4.69, 9.17) is 0 Å². The van der Waals surface area contributed by atoms with E-state index in [2.05, 4.69) is 26.2 Å². The highest BCUT2D eigenvalue weighted by Gasteiger charge is 2.20. The molecule has 1 aliphatic rings. The lowest BCUT2D eigenvalue weighted by Crippen LogP contribution is -2.34. The Bertz CT molecular complexity index is 416. The van der Waals surface area contributed by atoms with E-state index in [1.807, 2.05) is 0 Å². The standard InChI is InChI=1S/C10H12BrN3O2/c11-7-5-8(13-6-7)10(16)14-3-1-9(15)12-2-4-14/h5-6,13H,1-4H2,(H,12,15). The number of rotatable bonds is 1. The third-order valence-electron chi connectivity index (χ3n) is 2.48. The molecule has 0 radical (unpaired) electrons. The third kappa shape index (κ3) is 2.44. The smallest absolute Gasteiger partial charge is 0.270 e. The van der Waals surface area contributed by atoms with Gasteiger partial charge in [-0.2, -0.15) is 0 Å². The number of aromatic nitrogens is 1. The van der Waals surface area contributed by atoms with Gasteiger partial charge < -0.3 is 15.2 Å². The number of amides is 2. The predicted molar refractivity (Wildman–Crippen MR) is 62.0 cm³/mol. The van der Waals surface area contributed by atoms with Crippen molar-refractivity contribution in [1.29, 1.82) is 0 Å². The van der Waals surface area contributed by atoms with Crippen LogP contribution in [0.1, 0.15) is 16.9 Å². The molecular weight excluding hydrogens is 274 g/mol. The highest BCUT2D eigenvalue weighted by atomic mass is 79.9. The minimum absolute atomic E-state index is 0.00275. The third-order valence-corrected chi connectivity index (χ3v) is 2.94. The van der Waals surface area contributed by atoms with Gasteiger partial charge in [-0.05, 0) is 22.0 Å². The molecule has 1 aliphatic heterocycles. The molecule has 0 atom stereocenters. The van der Waals surface area contributed by atoms with Gasteiger partial charge in [-0.15, -0.1) is 0 Å². The van der Waals surface area contributed by atoms with Crippen molar-refractivity contribution < 1.29 is 9.59 Å². The van der Waals surface area contributed by atoms with E-state index in [1.165, 1.54) is 0 Å². The van der Waals surface area contributed by atoms with E-state index in [9.17, 15) is 9.59 Å².